The minimum atomic E-state index is -3.65. The van der Waals surface area contributed by atoms with Gasteiger partial charge in [0.15, 0.2) is 0 Å². The van der Waals surface area contributed by atoms with Crippen LogP contribution in [0.3, 0.4) is 0 Å². The Balaban J connectivity index is 2.07. The van der Waals surface area contributed by atoms with Crippen LogP contribution in [0.2, 0.25) is 0 Å². The smallest absolute Gasteiger partial charge is 0.277 e. The average molecular weight is 283 g/mol. The summed E-state index contributed by atoms with van der Waals surface area (Å²) in [6.45, 7) is 3.11. The van der Waals surface area contributed by atoms with E-state index in [1.54, 1.807) is 11.0 Å². The van der Waals surface area contributed by atoms with Crippen LogP contribution in [-0.4, -0.2) is 49.7 Å². The van der Waals surface area contributed by atoms with Gasteiger partial charge in [-0.05, 0) is 18.6 Å². The molecule has 104 valence electrons. The number of carbonyl (C=O) groups is 1. The highest BCUT2D eigenvalue weighted by atomic mass is 32.2. The van der Waals surface area contributed by atoms with E-state index in [4.69, 9.17) is 5.14 Å². The van der Waals surface area contributed by atoms with E-state index in [1.807, 2.05) is 25.1 Å². The monoisotopic (exact) mass is 283 g/mol. The fourth-order valence-electron chi connectivity index (χ4n) is 2.13. The molecule has 1 aliphatic heterocycles. The van der Waals surface area contributed by atoms with Gasteiger partial charge in [-0.15, -0.1) is 0 Å². The van der Waals surface area contributed by atoms with Crippen molar-refractivity contribution in [2.45, 2.75) is 6.92 Å². The van der Waals surface area contributed by atoms with Crippen LogP contribution < -0.4 is 5.14 Å². The van der Waals surface area contributed by atoms with Crippen LogP contribution in [0.5, 0.6) is 0 Å². The van der Waals surface area contributed by atoms with Crippen molar-refractivity contribution in [1.82, 2.24) is 9.21 Å². The third kappa shape index (κ3) is 3.12. The number of carbonyl (C=O) groups excluding carboxylic acids is 1. The van der Waals surface area contributed by atoms with Crippen molar-refractivity contribution in [1.29, 1.82) is 0 Å². The van der Waals surface area contributed by atoms with Crippen LogP contribution in [-0.2, 0) is 10.2 Å². The Morgan fingerprint density at radius 3 is 2.26 bits per heavy atom. The van der Waals surface area contributed by atoms with Gasteiger partial charge in [0.2, 0.25) is 0 Å². The molecule has 0 aliphatic carbocycles. The molecule has 0 bridgehead atoms. The molecule has 2 N–H and O–H groups in total. The van der Waals surface area contributed by atoms with E-state index in [0.29, 0.717) is 18.7 Å². The second kappa shape index (κ2) is 5.28. The lowest BCUT2D eigenvalue weighted by atomic mass is 10.1. The van der Waals surface area contributed by atoms with Crippen molar-refractivity contribution in [2.75, 3.05) is 26.2 Å². The molecular weight excluding hydrogens is 266 g/mol. The van der Waals surface area contributed by atoms with Crippen LogP contribution in [0.15, 0.2) is 24.3 Å². The lowest BCUT2D eigenvalue weighted by Gasteiger charge is -2.33. The molecule has 1 aliphatic rings. The van der Waals surface area contributed by atoms with Gasteiger partial charge in [0.1, 0.15) is 0 Å². The number of piperazine rings is 1. The molecule has 1 saturated heterocycles. The molecule has 1 aromatic rings. The third-order valence-electron chi connectivity index (χ3n) is 3.26. The Kier molecular flexibility index (Phi) is 3.88. The fourth-order valence-corrected chi connectivity index (χ4v) is 2.80. The molecule has 19 heavy (non-hydrogen) atoms. The summed E-state index contributed by atoms with van der Waals surface area (Å²) in [6, 6.07) is 7.36. The normalized spacial score (nSPS) is 17.5. The van der Waals surface area contributed by atoms with Crippen molar-refractivity contribution in [3.8, 4) is 0 Å². The Morgan fingerprint density at radius 1 is 1.16 bits per heavy atom. The third-order valence-corrected chi connectivity index (χ3v) is 4.35. The van der Waals surface area contributed by atoms with Gasteiger partial charge in [0, 0.05) is 31.7 Å². The van der Waals surface area contributed by atoms with Crippen LogP contribution in [0, 0.1) is 6.92 Å². The van der Waals surface area contributed by atoms with Crippen molar-refractivity contribution < 1.29 is 13.2 Å². The zero-order valence-electron chi connectivity index (χ0n) is 10.7. The summed E-state index contributed by atoms with van der Waals surface area (Å²) >= 11 is 0. The highest BCUT2D eigenvalue weighted by Crippen LogP contribution is 2.13. The van der Waals surface area contributed by atoms with E-state index >= 15 is 0 Å². The number of benzene rings is 1. The van der Waals surface area contributed by atoms with Gasteiger partial charge in [-0.25, -0.2) is 5.14 Å². The molecule has 0 spiro atoms. The first-order chi connectivity index (χ1) is 8.89. The number of hydrogen-bond donors (Lipinski definition) is 1. The van der Waals surface area contributed by atoms with Crippen LogP contribution >= 0.6 is 0 Å². The van der Waals surface area contributed by atoms with Crippen molar-refractivity contribution in [3.05, 3.63) is 35.4 Å². The molecule has 1 heterocycles. The average Bonchev–Trinajstić information content (AvgIpc) is 2.38. The van der Waals surface area contributed by atoms with E-state index in [9.17, 15) is 13.2 Å². The van der Waals surface area contributed by atoms with Gasteiger partial charge in [-0.1, -0.05) is 18.2 Å². The molecule has 7 heteroatoms. The second-order valence-corrected chi connectivity index (χ2v) is 6.10. The maximum Gasteiger partial charge on any atom is 0.277 e. The van der Waals surface area contributed by atoms with E-state index < -0.39 is 10.2 Å². The first-order valence-electron chi connectivity index (χ1n) is 6.02. The van der Waals surface area contributed by atoms with E-state index in [-0.39, 0.29) is 19.0 Å². The highest BCUT2D eigenvalue weighted by molar-refractivity contribution is 7.86. The van der Waals surface area contributed by atoms with Crippen molar-refractivity contribution >= 4 is 16.1 Å². The molecule has 1 amide bonds. The molecule has 2 rings (SSSR count). The molecular formula is C12H17N3O3S. The lowest BCUT2D eigenvalue weighted by Crippen LogP contribution is -2.52. The summed E-state index contributed by atoms with van der Waals surface area (Å²) < 4.78 is 23.6. The second-order valence-electron chi connectivity index (χ2n) is 4.55. The molecule has 6 nitrogen and oxygen atoms in total. The number of amides is 1. The Labute approximate surface area is 113 Å². The SMILES string of the molecule is Cc1ccccc1C(=O)N1CCN(S(N)(=O)=O)CC1. The topological polar surface area (TPSA) is 83.7 Å². The Hall–Kier alpha value is -1.44. The highest BCUT2D eigenvalue weighted by Gasteiger charge is 2.27. The number of nitrogens with zero attached hydrogens (tertiary/aromatic N) is 2. The quantitative estimate of drug-likeness (QED) is 0.826. The van der Waals surface area contributed by atoms with Crippen molar-refractivity contribution in [2.24, 2.45) is 5.14 Å². The van der Waals surface area contributed by atoms with Gasteiger partial charge >= 0.3 is 0 Å². The minimum Gasteiger partial charge on any atom is -0.336 e. The van der Waals surface area contributed by atoms with E-state index in [0.717, 1.165) is 5.56 Å². The lowest BCUT2D eigenvalue weighted by molar-refractivity contribution is 0.0697. The number of hydrogen-bond acceptors (Lipinski definition) is 3. The van der Waals surface area contributed by atoms with Crippen molar-refractivity contribution in [3.63, 3.8) is 0 Å². The summed E-state index contributed by atoms with van der Waals surface area (Å²) in [4.78, 5) is 14.0. The predicted molar refractivity (Wildman–Crippen MR) is 71.8 cm³/mol. The fraction of sp³-hybridized carbons (Fsp3) is 0.417. The van der Waals surface area contributed by atoms with Gasteiger partial charge in [-0.2, -0.15) is 12.7 Å². The zero-order chi connectivity index (χ0) is 14.0. The zero-order valence-corrected chi connectivity index (χ0v) is 11.6. The Morgan fingerprint density at radius 2 is 1.74 bits per heavy atom. The standard InChI is InChI=1S/C12H17N3O3S/c1-10-4-2-3-5-11(10)12(16)14-6-8-15(9-7-14)19(13,17)18/h2-5H,6-9H2,1H3,(H2,13,17,18). The van der Waals surface area contributed by atoms with Crippen LogP contribution in [0.1, 0.15) is 15.9 Å². The molecule has 1 fully saturated rings. The summed E-state index contributed by atoms with van der Waals surface area (Å²) in [5.41, 5.74) is 1.58. The van der Waals surface area contributed by atoms with Gasteiger partial charge in [0.25, 0.3) is 16.1 Å². The van der Waals surface area contributed by atoms with E-state index in [2.05, 4.69) is 0 Å². The molecule has 0 radical (unpaired) electrons. The van der Waals surface area contributed by atoms with Gasteiger partial charge in [-0.3, -0.25) is 4.79 Å². The van der Waals surface area contributed by atoms with Crippen LogP contribution in [0.25, 0.3) is 0 Å². The molecule has 0 atom stereocenters. The van der Waals surface area contributed by atoms with E-state index in [1.165, 1.54) is 4.31 Å². The van der Waals surface area contributed by atoms with Gasteiger partial charge in [0.05, 0.1) is 0 Å². The molecule has 1 aromatic carbocycles. The predicted octanol–water partition coefficient (Wildman–Crippen LogP) is -0.0437. The first-order valence-corrected chi connectivity index (χ1v) is 7.52. The summed E-state index contributed by atoms with van der Waals surface area (Å²) in [5.74, 6) is -0.0628. The first kappa shape index (κ1) is 14.0. The molecule has 0 unspecified atom stereocenters. The van der Waals surface area contributed by atoms with Crippen LogP contribution in [0.4, 0.5) is 0 Å². The number of aryl methyl sites for hydroxylation is 1. The van der Waals surface area contributed by atoms with Gasteiger partial charge < -0.3 is 4.90 Å². The molecule has 0 saturated carbocycles. The molecule has 0 aromatic heterocycles. The summed E-state index contributed by atoms with van der Waals surface area (Å²) in [7, 11) is -3.65. The summed E-state index contributed by atoms with van der Waals surface area (Å²) in [6.07, 6.45) is 0. The maximum atomic E-state index is 12.3. The summed E-state index contributed by atoms with van der Waals surface area (Å²) in [5, 5.41) is 5.06. The maximum absolute atomic E-state index is 12.3. The minimum absolute atomic E-state index is 0.0628. The largest absolute Gasteiger partial charge is 0.336 e. The number of nitrogens with two attached hydrogens (primary N) is 1. The number of rotatable bonds is 2. The Bertz CT molecular complexity index is 578.